The highest BCUT2D eigenvalue weighted by molar-refractivity contribution is 7.17. The lowest BCUT2D eigenvalue weighted by atomic mass is 10.2. The molecule has 8 heteroatoms. The average Bonchev–Trinajstić information content (AvgIpc) is 3.27. The number of benzene rings is 1. The standard InChI is InChI=1S/C19H20FN5OS/c20-14-7-9-15(10-8-14)21-17(26)16-6-5-13-25(16)19-23-22-18(27-19)24-11-3-1-2-4-12-24/h5-10,13H,1-4,11-12H2,(H,21,26). The van der Waals surface area contributed by atoms with Crippen LogP contribution >= 0.6 is 11.3 Å². The number of carbonyl (C=O) groups is 1. The molecule has 1 aliphatic rings. The normalized spacial score (nSPS) is 14.8. The number of halogens is 1. The fraction of sp³-hybridized carbons (Fsp3) is 0.316. The van der Waals surface area contributed by atoms with E-state index < -0.39 is 0 Å². The molecule has 6 nitrogen and oxygen atoms in total. The lowest BCUT2D eigenvalue weighted by Crippen LogP contribution is -2.23. The molecule has 1 saturated heterocycles. The molecule has 1 amide bonds. The van der Waals surface area contributed by atoms with Gasteiger partial charge in [0.1, 0.15) is 11.5 Å². The van der Waals surface area contributed by atoms with E-state index in [-0.39, 0.29) is 11.7 Å². The molecule has 1 aliphatic heterocycles. The van der Waals surface area contributed by atoms with Gasteiger partial charge in [0.15, 0.2) is 0 Å². The number of anilines is 2. The third kappa shape index (κ3) is 4.00. The topological polar surface area (TPSA) is 63.1 Å². The highest BCUT2D eigenvalue weighted by atomic mass is 32.1. The predicted octanol–water partition coefficient (Wildman–Crippen LogP) is 4.10. The Labute approximate surface area is 160 Å². The van der Waals surface area contributed by atoms with Gasteiger partial charge in [0, 0.05) is 25.0 Å². The Morgan fingerprint density at radius 1 is 1.00 bits per heavy atom. The highest BCUT2D eigenvalue weighted by Gasteiger charge is 2.18. The lowest BCUT2D eigenvalue weighted by Gasteiger charge is -2.17. The first-order chi connectivity index (χ1) is 13.2. The monoisotopic (exact) mass is 385 g/mol. The first-order valence-corrected chi connectivity index (χ1v) is 9.85. The first kappa shape index (κ1) is 17.7. The van der Waals surface area contributed by atoms with Crippen LogP contribution in [0.25, 0.3) is 5.13 Å². The molecule has 0 unspecified atom stereocenters. The Morgan fingerprint density at radius 3 is 2.44 bits per heavy atom. The van der Waals surface area contributed by atoms with Crippen molar-refractivity contribution in [3.63, 3.8) is 0 Å². The number of amides is 1. The Hall–Kier alpha value is -2.74. The third-order valence-corrected chi connectivity index (χ3v) is 5.55. The molecule has 0 saturated carbocycles. The molecule has 0 bridgehead atoms. The van der Waals surface area contributed by atoms with E-state index in [1.165, 1.54) is 61.3 Å². The van der Waals surface area contributed by atoms with Crippen molar-refractivity contribution in [2.24, 2.45) is 0 Å². The van der Waals surface area contributed by atoms with Crippen molar-refractivity contribution >= 4 is 28.1 Å². The van der Waals surface area contributed by atoms with Gasteiger partial charge in [-0.3, -0.25) is 9.36 Å². The Bertz CT molecular complexity index is 912. The van der Waals surface area contributed by atoms with Crippen molar-refractivity contribution in [2.75, 3.05) is 23.3 Å². The van der Waals surface area contributed by atoms with Gasteiger partial charge < -0.3 is 10.2 Å². The van der Waals surface area contributed by atoms with Crippen molar-refractivity contribution in [3.05, 3.63) is 54.1 Å². The van der Waals surface area contributed by atoms with Gasteiger partial charge in [0.05, 0.1) is 0 Å². The number of rotatable bonds is 4. The van der Waals surface area contributed by atoms with Crippen LogP contribution in [-0.2, 0) is 0 Å². The molecule has 0 radical (unpaired) electrons. The van der Waals surface area contributed by atoms with Crippen molar-refractivity contribution in [3.8, 4) is 5.13 Å². The molecule has 0 aliphatic carbocycles. The smallest absolute Gasteiger partial charge is 0.272 e. The average molecular weight is 385 g/mol. The molecule has 1 fully saturated rings. The summed E-state index contributed by atoms with van der Waals surface area (Å²) in [6, 6.07) is 9.21. The number of nitrogens with zero attached hydrogens (tertiary/aromatic N) is 4. The van der Waals surface area contributed by atoms with Crippen LogP contribution in [0.1, 0.15) is 36.2 Å². The van der Waals surface area contributed by atoms with Crippen molar-refractivity contribution in [2.45, 2.75) is 25.7 Å². The summed E-state index contributed by atoms with van der Waals surface area (Å²) in [5.41, 5.74) is 0.995. The van der Waals surface area contributed by atoms with Crippen LogP contribution in [-0.4, -0.2) is 33.8 Å². The van der Waals surface area contributed by atoms with Gasteiger partial charge in [0.25, 0.3) is 5.91 Å². The summed E-state index contributed by atoms with van der Waals surface area (Å²) in [7, 11) is 0. The second-order valence-electron chi connectivity index (χ2n) is 6.49. The molecule has 140 valence electrons. The fourth-order valence-electron chi connectivity index (χ4n) is 3.16. The van der Waals surface area contributed by atoms with Crippen LogP contribution in [0.15, 0.2) is 42.6 Å². The zero-order valence-corrected chi connectivity index (χ0v) is 15.6. The Kier molecular flexibility index (Phi) is 5.15. The van der Waals surface area contributed by atoms with Crippen LogP contribution in [0.4, 0.5) is 15.2 Å². The Morgan fingerprint density at radius 2 is 1.70 bits per heavy atom. The molecule has 0 spiro atoms. The summed E-state index contributed by atoms with van der Waals surface area (Å²) in [6.07, 6.45) is 6.65. The number of aromatic nitrogens is 3. The lowest BCUT2D eigenvalue weighted by molar-refractivity contribution is 0.102. The fourth-order valence-corrected chi connectivity index (χ4v) is 4.05. The summed E-state index contributed by atoms with van der Waals surface area (Å²) in [6.45, 7) is 2.00. The maximum atomic E-state index is 13.0. The minimum atomic E-state index is -0.341. The molecule has 0 atom stereocenters. The summed E-state index contributed by atoms with van der Waals surface area (Å²) in [5.74, 6) is -0.621. The van der Waals surface area contributed by atoms with E-state index in [1.54, 1.807) is 22.9 Å². The van der Waals surface area contributed by atoms with Crippen LogP contribution < -0.4 is 10.2 Å². The molecule has 1 aromatic carbocycles. The van der Waals surface area contributed by atoms with Gasteiger partial charge in [-0.2, -0.15) is 0 Å². The molecule has 2 aromatic heterocycles. The number of carbonyl (C=O) groups excluding carboxylic acids is 1. The van der Waals surface area contributed by atoms with Crippen LogP contribution in [0.5, 0.6) is 0 Å². The minimum absolute atomic E-state index is 0.280. The first-order valence-electron chi connectivity index (χ1n) is 9.04. The second kappa shape index (κ2) is 7.87. The van der Waals surface area contributed by atoms with E-state index in [1.807, 2.05) is 0 Å². The number of hydrogen-bond donors (Lipinski definition) is 1. The summed E-state index contributed by atoms with van der Waals surface area (Å²) in [5, 5.41) is 12.9. The molecular weight excluding hydrogens is 365 g/mol. The van der Waals surface area contributed by atoms with Gasteiger partial charge in [-0.05, 0) is 49.2 Å². The maximum Gasteiger partial charge on any atom is 0.272 e. The van der Waals surface area contributed by atoms with E-state index in [0.717, 1.165) is 18.2 Å². The zero-order chi connectivity index (χ0) is 18.6. The minimum Gasteiger partial charge on any atom is -0.347 e. The molecule has 3 heterocycles. The van der Waals surface area contributed by atoms with E-state index in [0.29, 0.717) is 16.5 Å². The van der Waals surface area contributed by atoms with Gasteiger partial charge in [0.2, 0.25) is 10.3 Å². The maximum absolute atomic E-state index is 13.0. The highest BCUT2D eigenvalue weighted by Crippen LogP contribution is 2.26. The quantitative estimate of drug-likeness (QED) is 0.734. The van der Waals surface area contributed by atoms with Crippen molar-refractivity contribution in [1.82, 2.24) is 14.8 Å². The van der Waals surface area contributed by atoms with E-state index in [2.05, 4.69) is 20.4 Å². The molecule has 1 N–H and O–H groups in total. The number of nitrogens with one attached hydrogen (secondary N) is 1. The van der Waals surface area contributed by atoms with E-state index >= 15 is 0 Å². The van der Waals surface area contributed by atoms with Crippen molar-refractivity contribution in [1.29, 1.82) is 0 Å². The molecule has 27 heavy (non-hydrogen) atoms. The second-order valence-corrected chi connectivity index (χ2v) is 7.43. The van der Waals surface area contributed by atoms with Gasteiger partial charge in [-0.25, -0.2) is 4.39 Å². The van der Waals surface area contributed by atoms with Gasteiger partial charge in [-0.1, -0.05) is 24.2 Å². The predicted molar refractivity (Wildman–Crippen MR) is 104 cm³/mol. The Balaban J connectivity index is 1.53. The van der Waals surface area contributed by atoms with Gasteiger partial charge in [-0.15, -0.1) is 10.2 Å². The van der Waals surface area contributed by atoms with Crippen LogP contribution in [0.3, 0.4) is 0 Å². The number of hydrogen-bond acceptors (Lipinski definition) is 5. The van der Waals surface area contributed by atoms with Crippen LogP contribution in [0, 0.1) is 5.82 Å². The van der Waals surface area contributed by atoms with Gasteiger partial charge >= 0.3 is 0 Å². The molecule has 3 aromatic rings. The largest absolute Gasteiger partial charge is 0.347 e. The SMILES string of the molecule is O=C(Nc1ccc(F)cc1)c1cccn1-c1nnc(N2CCCCCC2)s1. The van der Waals surface area contributed by atoms with Crippen molar-refractivity contribution < 1.29 is 9.18 Å². The summed E-state index contributed by atoms with van der Waals surface area (Å²) >= 11 is 1.48. The summed E-state index contributed by atoms with van der Waals surface area (Å²) in [4.78, 5) is 14.9. The van der Waals surface area contributed by atoms with E-state index in [4.69, 9.17) is 0 Å². The third-order valence-electron chi connectivity index (χ3n) is 4.57. The van der Waals surface area contributed by atoms with E-state index in [9.17, 15) is 9.18 Å². The molecular formula is C19H20FN5OS. The molecule has 4 rings (SSSR count). The zero-order valence-electron chi connectivity index (χ0n) is 14.8. The summed E-state index contributed by atoms with van der Waals surface area (Å²) < 4.78 is 14.8. The van der Waals surface area contributed by atoms with Crippen LogP contribution in [0.2, 0.25) is 0 Å².